The van der Waals surface area contributed by atoms with Crippen LogP contribution in [0.4, 0.5) is 0 Å². The maximum atomic E-state index is 12.4. The first kappa shape index (κ1) is 17.5. The van der Waals surface area contributed by atoms with Crippen LogP contribution in [0.15, 0.2) is 53.8 Å². The number of hydrogen-bond donors (Lipinski definition) is 2. The number of thioether (sulfide) groups is 1. The van der Waals surface area contributed by atoms with Gasteiger partial charge in [0, 0.05) is 30.3 Å². The topological polar surface area (TPSA) is 80.4 Å². The van der Waals surface area contributed by atoms with Gasteiger partial charge in [-0.05, 0) is 49.1 Å². The Morgan fingerprint density at radius 1 is 1.36 bits per heavy atom. The summed E-state index contributed by atoms with van der Waals surface area (Å²) in [7, 11) is 0. The van der Waals surface area contributed by atoms with Crippen molar-refractivity contribution >= 4 is 22.8 Å². The minimum atomic E-state index is -0.360. The lowest BCUT2D eigenvalue weighted by molar-refractivity contribution is 0.0954. The van der Waals surface area contributed by atoms with Crippen molar-refractivity contribution in [2.45, 2.75) is 25.3 Å². The molecule has 0 radical (unpaired) electrons. The number of carbonyl (C=O) groups is 1. The first-order valence-electron chi connectivity index (χ1n) is 8.33. The van der Waals surface area contributed by atoms with Crippen LogP contribution in [0.2, 0.25) is 0 Å². The van der Waals surface area contributed by atoms with E-state index in [4.69, 9.17) is 5.73 Å². The minimum absolute atomic E-state index is 0.0727. The average molecular weight is 354 g/mol. The second-order valence-corrected chi connectivity index (χ2v) is 7.39. The molecule has 6 heteroatoms. The van der Waals surface area contributed by atoms with Crippen molar-refractivity contribution in [2.75, 3.05) is 12.3 Å². The second-order valence-electron chi connectivity index (χ2n) is 6.27. The van der Waals surface area contributed by atoms with Gasteiger partial charge in [0.25, 0.3) is 5.91 Å². The molecule has 3 N–H and O–H groups in total. The quantitative estimate of drug-likeness (QED) is 0.865. The van der Waals surface area contributed by atoms with Gasteiger partial charge in [-0.25, -0.2) is 0 Å². The van der Waals surface area contributed by atoms with E-state index in [2.05, 4.69) is 22.2 Å². The lowest BCUT2D eigenvalue weighted by atomic mass is 9.88. The number of aliphatic imine (C=N–C) groups is 1. The van der Waals surface area contributed by atoms with Crippen LogP contribution in [0.5, 0.6) is 0 Å². The summed E-state index contributed by atoms with van der Waals surface area (Å²) in [6.45, 7) is 2.65. The lowest BCUT2D eigenvalue weighted by Gasteiger charge is -2.30. The zero-order valence-electron chi connectivity index (χ0n) is 14.2. The Morgan fingerprint density at radius 3 is 3.00 bits per heavy atom. The molecule has 0 spiro atoms. The molecule has 130 valence electrons. The number of hydrogen-bond acceptors (Lipinski definition) is 5. The molecule has 2 aromatic rings. The highest BCUT2D eigenvalue weighted by Crippen LogP contribution is 2.35. The number of nitrogens with two attached hydrogens (primary N) is 1. The Kier molecular flexibility index (Phi) is 5.38. The van der Waals surface area contributed by atoms with Gasteiger partial charge in [-0.1, -0.05) is 30.0 Å². The summed E-state index contributed by atoms with van der Waals surface area (Å²) in [5, 5.41) is 3.58. The van der Waals surface area contributed by atoms with Gasteiger partial charge in [0.05, 0.1) is 5.54 Å². The third kappa shape index (κ3) is 4.39. The smallest absolute Gasteiger partial charge is 0.251 e. The fourth-order valence-corrected chi connectivity index (χ4v) is 3.83. The van der Waals surface area contributed by atoms with E-state index in [1.54, 1.807) is 18.0 Å². The van der Waals surface area contributed by atoms with Crippen LogP contribution in [0, 0.1) is 0 Å². The van der Waals surface area contributed by atoms with Crippen molar-refractivity contribution in [1.82, 2.24) is 10.3 Å². The summed E-state index contributed by atoms with van der Waals surface area (Å²) in [5.74, 6) is 0.865. The fraction of sp³-hybridized carbons (Fsp3) is 0.316. The molecule has 2 heterocycles. The van der Waals surface area contributed by atoms with Crippen LogP contribution in [-0.2, 0) is 12.0 Å². The first-order chi connectivity index (χ1) is 12.1. The Labute approximate surface area is 152 Å². The van der Waals surface area contributed by atoms with Gasteiger partial charge in [0.2, 0.25) is 0 Å². The summed E-state index contributed by atoms with van der Waals surface area (Å²) < 4.78 is 0. The van der Waals surface area contributed by atoms with Crippen molar-refractivity contribution < 1.29 is 4.79 Å². The van der Waals surface area contributed by atoms with Gasteiger partial charge in [-0.2, -0.15) is 0 Å². The zero-order valence-corrected chi connectivity index (χ0v) is 15.1. The molecular formula is C19H22N4OS. The molecule has 1 aromatic carbocycles. The normalized spacial score (nSPS) is 20.0. The largest absolute Gasteiger partial charge is 0.379 e. The van der Waals surface area contributed by atoms with E-state index in [1.165, 1.54) is 0 Å². The molecule has 0 fully saturated rings. The molecule has 1 aliphatic heterocycles. The van der Waals surface area contributed by atoms with Gasteiger partial charge in [-0.3, -0.25) is 14.8 Å². The number of pyridine rings is 1. The van der Waals surface area contributed by atoms with Crippen LogP contribution < -0.4 is 11.1 Å². The van der Waals surface area contributed by atoms with Gasteiger partial charge >= 0.3 is 0 Å². The number of rotatable bonds is 5. The highest BCUT2D eigenvalue weighted by molar-refractivity contribution is 8.13. The van der Waals surface area contributed by atoms with Gasteiger partial charge in [0.15, 0.2) is 5.17 Å². The molecule has 0 saturated carbocycles. The number of amidine groups is 1. The van der Waals surface area contributed by atoms with Gasteiger partial charge < -0.3 is 11.1 Å². The number of nitrogens with zero attached hydrogens (tertiary/aromatic N) is 2. The van der Waals surface area contributed by atoms with Gasteiger partial charge in [-0.15, -0.1) is 0 Å². The molecule has 1 atom stereocenters. The van der Waals surface area contributed by atoms with Crippen molar-refractivity contribution in [2.24, 2.45) is 10.7 Å². The summed E-state index contributed by atoms with van der Waals surface area (Å²) in [6, 6.07) is 11.6. The number of carbonyl (C=O) groups excluding carboxylic acids is 1. The molecule has 3 rings (SSSR count). The maximum Gasteiger partial charge on any atom is 0.251 e. The molecule has 1 aromatic heterocycles. The third-order valence-corrected chi connectivity index (χ3v) is 5.16. The van der Waals surface area contributed by atoms with E-state index in [-0.39, 0.29) is 11.4 Å². The minimum Gasteiger partial charge on any atom is -0.379 e. The van der Waals surface area contributed by atoms with Crippen LogP contribution in [0.25, 0.3) is 0 Å². The van der Waals surface area contributed by atoms with Crippen molar-refractivity contribution in [3.63, 3.8) is 0 Å². The number of amides is 1. The van der Waals surface area contributed by atoms with Crippen molar-refractivity contribution in [3.8, 4) is 0 Å². The molecule has 0 bridgehead atoms. The Morgan fingerprint density at radius 2 is 2.24 bits per heavy atom. The van der Waals surface area contributed by atoms with Gasteiger partial charge in [0.1, 0.15) is 0 Å². The Bertz CT molecular complexity index is 778. The summed E-state index contributed by atoms with van der Waals surface area (Å²) in [5.41, 5.74) is 8.31. The Balaban J connectivity index is 1.66. The zero-order chi connectivity index (χ0) is 17.7. The van der Waals surface area contributed by atoms with Crippen LogP contribution in [0.3, 0.4) is 0 Å². The molecule has 1 amide bonds. The van der Waals surface area contributed by atoms with Crippen LogP contribution in [-0.4, -0.2) is 28.4 Å². The molecule has 0 aliphatic carbocycles. The highest BCUT2D eigenvalue weighted by Gasteiger charge is 2.29. The van der Waals surface area contributed by atoms with E-state index in [0.29, 0.717) is 17.3 Å². The van der Waals surface area contributed by atoms with E-state index < -0.39 is 0 Å². The summed E-state index contributed by atoms with van der Waals surface area (Å²) in [4.78, 5) is 21.1. The summed E-state index contributed by atoms with van der Waals surface area (Å²) >= 11 is 1.58. The van der Waals surface area contributed by atoms with E-state index in [1.807, 2.05) is 42.6 Å². The monoisotopic (exact) mass is 354 g/mol. The molecule has 1 aliphatic rings. The van der Waals surface area contributed by atoms with Crippen LogP contribution in [0.1, 0.15) is 34.8 Å². The van der Waals surface area contributed by atoms with Crippen molar-refractivity contribution in [1.29, 1.82) is 0 Å². The number of benzene rings is 1. The molecule has 1 unspecified atom stereocenters. The van der Waals surface area contributed by atoms with Crippen molar-refractivity contribution in [3.05, 3.63) is 65.5 Å². The predicted molar refractivity (Wildman–Crippen MR) is 103 cm³/mol. The molecule has 25 heavy (non-hydrogen) atoms. The van der Waals surface area contributed by atoms with Crippen LogP contribution >= 0.6 is 11.8 Å². The Hall–Kier alpha value is -2.34. The SMILES string of the molecule is CC1(c2cccc(C(=O)NCCc3cccnc3)c2)CCSC(N)=N1. The van der Waals surface area contributed by atoms with E-state index in [0.717, 1.165) is 29.7 Å². The second kappa shape index (κ2) is 7.70. The maximum absolute atomic E-state index is 12.4. The van der Waals surface area contributed by atoms with E-state index in [9.17, 15) is 4.79 Å². The first-order valence-corrected chi connectivity index (χ1v) is 9.31. The molecule has 0 saturated heterocycles. The number of aromatic nitrogens is 1. The molecular weight excluding hydrogens is 332 g/mol. The standard InChI is InChI=1S/C19H22N4OS/c1-19(8-11-25-18(20)23-19)16-6-2-5-15(12-16)17(24)22-10-7-14-4-3-9-21-13-14/h2-6,9,12-13H,7-8,10-11H2,1H3,(H2,20,23)(H,22,24). The lowest BCUT2D eigenvalue weighted by Crippen LogP contribution is -2.30. The average Bonchev–Trinajstić information content (AvgIpc) is 2.62. The highest BCUT2D eigenvalue weighted by atomic mass is 32.2. The predicted octanol–water partition coefficient (Wildman–Crippen LogP) is 2.72. The summed E-state index contributed by atoms with van der Waals surface area (Å²) in [6.07, 6.45) is 5.23. The number of nitrogens with one attached hydrogen (secondary N) is 1. The third-order valence-electron chi connectivity index (χ3n) is 4.36. The molecule has 5 nitrogen and oxygen atoms in total. The van der Waals surface area contributed by atoms with E-state index >= 15 is 0 Å². The fourth-order valence-electron chi connectivity index (χ4n) is 2.86.